The number of nitrogens with zero attached hydrogens (tertiary/aromatic N) is 2. The number of rotatable bonds is 4. The van der Waals surface area contributed by atoms with Crippen LogP contribution in [-0.2, 0) is 23.4 Å². The fourth-order valence-electron chi connectivity index (χ4n) is 4.02. The number of nitrogens with one attached hydrogen (secondary N) is 1. The number of carbonyl (C=O) groups is 1. The number of fused-ring (bicyclic) bond motifs is 3. The van der Waals surface area contributed by atoms with E-state index in [4.69, 9.17) is 0 Å². The molecule has 2 aliphatic rings. The number of likely N-dealkylation sites (tertiary alicyclic amines) is 1. The second kappa shape index (κ2) is 7.72. The van der Waals surface area contributed by atoms with Crippen molar-refractivity contribution in [2.75, 3.05) is 18.8 Å². The SMILES string of the molecule is C[C@H]1CCCN(C(=O)CSCc2nc3sc4c(c3c(=O)[nH]2)CCCC4)C1. The summed E-state index contributed by atoms with van der Waals surface area (Å²) in [7, 11) is 0. The van der Waals surface area contributed by atoms with Crippen LogP contribution in [0.3, 0.4) is 0 Å². The third kappa shape index (κ3) is 3.69. The van der Waals surface area contributed by atoms with E-state index in [0.29, 0.717) is 23.2 Å². The number of aromatic nitrogens is 2. The van der Waals surface area contributed by atoms with Crippen molar-refractivity contribution in [1.82, 2.24) is 14.9 Å². The number of H-pyrrole nitrogens is 1. The van der Waals surface area contributed by atoms with Crippen LogP contribution in [0.15, 0.2) is 4.79 Å². The van der Waals surface area contributed by atoms with Gasteiger partial charge in [0, 0.05) is 18.0 Å². The Morgan fingerprint density at radius 1 is 1.35 bits per heavy atom. The molecule has 0 aromatic carbocycles. The molecule has 2 aromatic heterocycles. The molecule has 26 heavy (non-hydrogen) atoms. The summed E-state index contributed by atoms with van der Waals surface area (Å²) in [6.45, 7) is 3.96. The van der Waals surface area contributed by atoms with Crippen LogP contribution < -0.4 is 5.56 Å². The van der Waals surface area contributed by atoms with Crippen LogP contribution in [0.2, 0.25) is 0 Å². The lowest BCUT2D eigenvalue weighted by Gasteiger charge is -2.30. The lowest BCUT2D eigenvalue weighted by Crippen LogP contribution is -2.40. The van der Waals surface area contributed by atoms with Crippen molar-refractivity contribution in [1.29, 1.82) is 0 Å². The summed E-state index contributed by atoms with van der Waals surface area (Å²) in [5.41, 5.74) is 1.21. The van der Waals surface area contributed by atoms with E-state index in [0.717, 1.165) is 49.0 Å². The van der Waals surface area contributed by atoms with Crippen LogP contribution in [0.4, 0.5) is 0 Å². The van der Waals surface area contributed by atoms with Gasteiger partial charge in [-0.1, -0.05) is 6.92 Å². The number of amides is 1. The smallest absolute Gasteiger partial charge is 0.259 e. The number of carbonyl (C=O) groups excluding carboxylic acids is 1. The largest absolute Gasteiger partial charge is 0.342 e. The predicted molar refractivity (Wildman–Crippen MR) is 108 cm³/mol. The van der Waals surface area contributed by atoms with E-state index in [-0.39, 0.29) is 11.5 Å². The average molecular weight is 392 g/mol. The van der Waals surface area contributed by atoms with Crippen molar-refractivity contribution >= 4 is 39.2 Å². The molecule has 1 N–H and O–H groups in total. The summed E-state index contributed by atoms with van der Waals surface area (Å²) in [5.74, 6) is 2.52. The van der Waals surface area contributed by atoms with Gasteiger partial charge in [-0.25, -0.2) is 4.98 Å². The van der Waals surface area contributed by atoms with Gasteiger partial charge in [0.2, 0.25) is 5.91 Å². The maximum atomic E-state index is 12.5. The molecule has 1 fully saturated rings. The zero-order valence-corrected chi connectivity index (χ0v) is 16.8. The van der Waals surface area contributed by atoms with Gasteiger partial charge in [-0.15, -0.1) is 23.1 Å². The minimum Gasteiger partial charge on any atom is -0.342 e. The molecule has 140 valence electrons. The lowest BCUT2D eigenvalue weighted by molar-refractivity contribution is -0.130. The average Bonchev–Trinajstić information content (AvgIpc) is 3.00. The highest BCUT2D eigenvalue weighted by molar-refractivity contribution is 7.99. The molecule has 0 radical (unpaired) electrons. The fraction of sp³-hybridized carbons (Fsp3) is 0.632. The molecule has 4 rings (SSSR count). The van der Waals surface area contributed by atoms with Crippen LogP contribution in [0.5, 0.6) is 0 Å². The van der Waals surface area contributed by atoms with Gasteiger partial charge in [0.05, 0.1) is 16.9 Å². The van der Waals surface area contributed by atoms with Crippen LogP contribution in [0.25, 0.3) is 10.2 Å². The van der Waals surface area contributed by atoms with Gasteiger partial charge < -0.3 is 9.88 Å². The van der Waals surface area contributed by atoms with Gasteiger partial charge in [-0.3, -0.25) is 9.59 Å². The van der Waals surface area contributed by atoms with Crippen molar-refractivity contribution in [3.05, 3.63) is 26.6 Å². The number of piperidine rings is 1. The van der Waals surface area contributed by atoms with Crippen molar-refractivity contribution < 1.29 is 4.79 Å². The van der Waals surface area contributed by atoms with E-state index in [2.05, 4.69) is 16.9 Å². The third-order valence-corrected chi connectivity index (χ3v) is 7.46. The summed E-state index contributed by atoms with van der Waals surface area (Å²) < 4.78 is 0. The normalized spacial score (nSPS) is 20.3. The molecule has 2 aromatic rings. The van der Waals surface area contributed by atoms with E-state index in [1.54, 1.807) is 23.1 Å². The van der Waals surface area contributed by atoms with Crippen molar-refractivity contribution in [3.8, 4) is 0 Å². The maximum absolute atomic E-state index is 12.5. The summed E-state index contributed by atoms with van der Waals surface area (Å²) in [6, 6.07) is 0. The second-order valence-electron chi connectivity index (χ2n) is 7.48. The van der Waals surface area contributed by atoms with Gasteiger partial charge >= 0.3 is 0 Å². The Kier molecular flexibility index (Phi) is 5.36. The topological polar surface area (TPSA) is 66.1 Å². The first-order valence-corrected chi connectivity index (χ1v) is 11.5. The third-order valence-electron chi connectivity index (χ3n) is 5.35. The molecule has 1 saturated heterocycles. The Labute approximate surface area is 161 Å². The highest BCUT2D eigenvalue weighted by atomic mass is 32.2. The van der Waals surface area contributed by atoms with E-state index in [1.807, 2.05) is 4.90 Å². The number of thiophene rings is 1. The number of thioether (sulfide) groups is 1. The molecule has 1 aliphatic carbocycles. The van der Waals surface area contributed by atoms with Crippen LogP contribution in [0.1, 0.15) is 48.9 Å². The molecule has 0 spiro atoms. The Morgan fingerprint density at radius 2 is 2.19 bits per heavy atom. The molecule has 0 unspecified atom stereocenters. The summed E-state index contributed by atoms with van der Waals surface area (Å²) in [6.07, 6.45) is 6.75. The van der Waals surface area contributed by atoms with Gasteiger partial charge in [0.1, 0.15) is 10.7 Å². The Morgan fingerprint density at radius 3 is 3.04 bits per heavy atom. The molecule has 7 heteroatoms. The summed E-state index contributed by atoms with van der Waals surface area (Å²) in [5, 5.41) is 0.803. The van der Waals surface area contributed by atoms with E-state index >= 15 is 0 Å². The zero-order chi connectivity index (χ0) is 18.1. The highest BCUT2D eigenvalue weighted by Crippen LogP contribution is 2.33. The molecule has 0 saturated carbocycles. The quantitative estimate of drug-likeness (QED) is 0.868. The molecule has 1 aliphatic heterocycles. The van der Waals surface area contributed by atoms with E-state index < -0.39 is 0 Å². The fourth-order valence-corrected chi connectivity index (χ4v) is 6.09. The Hall–Kier alpha value is -1.34. The van der Waals surface area contributed by atoms with Crippen LogP contribution >= 0.6 is 23.1 Å². The summed E-state index contributed by atoms with van der Waals surface area (Å²) >= 11 is 3.22. The molecular formula is C19H25N3O2S2. The predicted octanol–water partition coefficient (Wildman–Crippen LogP) is 3.36. The zero-order valence-electron chi connectivity index (χ0n) is 15.2. The maximum Gasteiger partial charge on any atom is 0.259 e. The van der Waals surface area contributed by atoms with E-state index in [1.165, 1.54) is 23.3 Å². The first kappa shape index (κ1) is 18.0. The molecular weight excluding hydrogens is 366 g/mol. The van der Waals surface area contributed by atoms with Crippen LogP contribution in [-0.4, -0.2) is 39.6 Å². The molecule has 3 heterocycles. The number of aryl methyl sites for hydroxylation is 2. The second-order valence-corrected chi connectivity index (χ2v) is 9.55. The van der Waals surface area contributed by atoms with E-state index in [9.17, 15) is 9.59 Å². The number of hydrogen-bond donors (Lipinski definition) is 1. The molecule has 0 bridgehead atoms. The van der Waals surface area contributed by atoms with Crippen molar-refractivity contribution in [2.45, 2.75) is 51.2 Å². The summed E-state index contributed by atoms with van der Waals surface area (Å²) in [4.78, 5) is 36.7. The first-order chi connectivity index (χ1) is 12.6. The standard InChI is InChI=1S/C19H25N3O2S2/c1-12-5-4-8-22(9-12)16(23)11-25-10-15-20-18(24)17-13-6-2-3-7-14(13)26-19(17)21-15/h12H,2-11H2,1H3,(H,20,21,24)/t12-/m0/s1. The van der Waals surface area contributed by atoms with Crippen molar-refractivity contribution in [2.24, 2.45) is 5.92 Å². The highest BCUT2D eigenvalue weighted by Gasteiger charge is 2.22. The van der Waals surface area contributed by atoms with Gasteiger partial charge in [-0.05, 0) is 50.0 Å². The molecule has 1 amide bonds. The van der Waals surface area contributed by atoms with Gasteiger partial charge in [0.25, 0.3) is 5.56 Å². The van der Waals surface area contributed by atoms with Gasteiger partial charge in [0.15, 0.2) is 0 Å². The number of aromatic amines is 1. The minimum absolute atomic E-state index is 0.0128. The van der Waals surface area contributed by atoms with Crippen LogP contribution in [0, 0.1) is 5.92 Å². The lowest BCUT2D eigenvalue weighted by atomic mass is 9.97. The minimum atomic E-state index is -0.0128. The first-order valence-electron chi connectivity index (χ1n) is 9.51. The van der Waals surface area contributed by atoms with Gasteiger partial charge in [-0.2, -0.15) is 0 Å². The monoisotopic (exact) mass is 391 g/mol. The molecule has 5 nitrogen and oxygen atoms in total. The molecule has 1 atom stereocenters. The number of hydrogen-bond acceptors (Lipinski definition) is 5. The Balaban J connectivity index is 1.41. The van der Waals surface area contributed by atoms with Crippen molar-refractivity contribution in [3.63, 3.8) is 0 Å². The Bertz CT molecular complexity index is 874.